The summed E-state index contributed by atoms with van der Waals surface area (Å²) in [6, 6.07) is 13.5. The lowest BCUT2D eigenvalue weighted by atomic mass is 10.2. The van der Waals surface area contributed by atoms with E-state index in [1.54, 1.807) is 18.9 Å². The third kappa shape index (κ3) is 5.14. The van der Waals surface area contributed by atoms with Gasteiger partial charge in [-0.05, 0) is 49.2 Å². The molecule has 0 atom stereocenters. The fraction of sp³-hybridized carbons (Fsp3) is 0.222. The minimum absolute atomic E-state index is 0.0290. The number of hydrazone groups is 1. The Morgan fingerprint density at radius 2 is 1.83 bits per heavy atom. The van der Waals surface area contributed by atoms with E-state index in [-0.39, 0.29) is 5.78 Å². The van der Waals surface area contributed by atoms with Crippen LogP contribution in [0.4, 0.5) is 5.69 Å². The lowest BCUT2D eigenvalue weighted by molar-refractivity contribution is -0.110. The van der Waals surface area contributed by atoms with Crippen LogP contribution >= 0.6 is 11.8 Å². The van der Waals surface area contributed by atoms with Gasteiger partial charge >= 0.3 is 0 Å². The maximum atomic E-state index is 11.9. The summed E-state index contributed by atoms with van der Waals surface area (Å²) in [7, 11) is 1.62. The number of hydrogen-bond acceptors (Lipinski definition) is 5. The zero-order valence-electron chi connectivity index (χ0n) is 13.5. The van der Waals surface area contributed by atoms with Crippen LogP contribution in [0.25, 0.3) is 0 Å². The Hall–Kier alpha value is -2.27. The molecule has 0 aliphatic rings. The summed E-state index contributed by atoms with van der Waals surface area (Å²) in [6.45, 7) is 4.11. The molecule has 2 aromatic rings. The van der Waals surface area contributed by atoms with Crippen LogP contribution in [-0.2, 0) is 4.79 Å². The van der Waals surface area contributed by atoms with Gasteiger partial charge in [-0.2, -0.15) is 5.10 Å². The number of hydrogen-bond donors (Lipinski definition) is 1. The Morgan fingerprint density at radius 3 is 2.43 bits per heavy atom. The third-order valence-electron chi connectivity index (χ3n) is 3.26. The number of rotatable bonds is 7. The molecule has 1 N–H and O–H groups in total. The zero-order valence-corrected chi connectivity index (χ0v) is 14.3. The van der Waals surface area contributed by atoms with Gasteiger partial charge in [0.1, 0.15) is 5.75 Å². The van der Waals surface area contributed by atoms with Crippen molar-refractivity contribution in [3.63, 3.8) is 0 Å². The number of thioether (sulfide) groups is 1. The van der Waals surface area contributed by atoms with Crippen LogP contribution < -0.4 is 10.2 Å². The molecule has 0 spiro atoms. The number of anilines is 1. The van der Waals surface area contributed by atoms with Crippen molar-refractivity contribution in [2.24, 2.45) is 5.10 Å². The van der Waals surface area contributed by atoms with E-state index < -0.39 is 0 Å². The maximum Gasteiger partial charge on any atom is 0.185 e. The highest BCUT2D eigenvalue weighted by Gasteiger charge is 2.05. The molecular formula is C18H20N2O2S. The van der Waals surface area contributed by atoms with Gasteiger partial charge in [-0.3, -0.25) is 10.2 Å². The van der Waals surface area contributed by atoms with Gasteiger partial charge in [-0.15, -0.1) is 11.8 Å². The molecule has 23 heavy (non-hydrogen) atoms. The second-order valence-electron chi connectivity index (χ2n) is 5.07. The smallest absolute Gasteiger partial charge is 0.185 e. The van der Waals surface area contributed by atoms with E-state index in [0.29, 0.717) is 5.75 Å². The topological polar surface area (TPSA) is 50.7 Å². The van der Waals surface area contributed by atoms with Gasteiger partial charge in [-0.25, -0.2) is 0 Å². The van der Waals surface area contributed by atoms with Crippen LogP contribution in [0.15, 0.2) is 52.5 Å². The molecule has 0 fully saturated rings. The van der Waals surface area contributed by atoms with Crippen LogP contribution in [0.2, 0.25) is 0 Å². The summed E-state index contributed by atoms with van der Waals surface area (Å²) in [5.41, 5.74) is 6.02. The number of Topliss-reactive ketones (excluding diaryl/α,β-unsaturated/α-hetero) is 1. The van der Waals surface area contributed by atoms with Gasteiger partial charge in [-0.1, -0.05) is 18.2 Å². The zero-order chi connectivity index (χ0) is 16.7. The van der Waals surface area contributed by atoms with E-state index in [2.05, 4.69) is 36.5 Å². The molecule has 0 heterocycles. The molecule has 0 aliphatic heterocycles. The number of aryl methyl sites for hydroxylation is 2. The summed E-state index contributed by atoms with van der Waals surface area (Å²) >= 11 is 1.55. The van der Waals surface area contributed by atoms with Crippen LogP contribution in [0.3, 0.4) is 0 Å². The Labute approximate surface area is 140 Å². The summed E-state index contributed by atoms with van der Waals surface area (Å²) < 4.78 is 5.08. The first-order valence-corrected chi connectivity index (χ1v) is 8.23. The predicted molar refractivity (Wildman–Crippen MR) is 96.8 cm³/mol. The average Bonchev–Trinajstić information content (AvgIpc) is 2.55. The molecule has 5 heteroatoms. The highest BCUT2D eigenvalue weighted by molar-refractivity contribution is 8.00. The first kappa shape index (κ1) is 17.1. The number of nitrogens with one attached hydrogen (secondary N) is 1. The van der Waals surface area contributed by atoms with E-state index in [1.165, 1.54) is 17.3 Å². The second kappa shape index (κ2) is 8.39. The van der Waals surface area contributed by atoms with Crippen molar-refractivity contribution in [2.45, 2.75) is 18.7 Å². The molecule has 2 rings (SSSR count). The Bertz CT molecular complexity index is 676. The molecule has 0 aromatic heterocycles. The highest BCUT2D eigenvalue weighted by atomic mass is 32.2. The quantitative estimate of drug-likeness (QED) is 0.473. The van der Waals surface area contributed by atoms with Crippen LogP contribution in [0, 0.1) is 13.8 Å². The standard InChI is InChI=1S/C18H20N2O2S/c1-13-5-4-6-14(2)18(13)23-12-16(21)11-19-20-15-7-9-17(22-3)10-8-15/h4-11,20H,12H2,1-3H3. The number of methoxy groups -OCH3 is 1. The first-order valence-electron chi connectivity index (χ1n) is 7.25. The minimum atomic E-state index is -0.0290. The highest BCUT2D eigenvalue weighted by Crippen LogP contribution is 2.25. The third-order valence-corrected chi connectivity index (χ3v) is 4.62. The number of benzene rings is 2. The number of ketones is 1. The van der Waals surface area contributed by atoms with Crippen LogP contribution in [0.5, 0.6) is 5.75 Å². The van der Waals surface area contributed by atoms with Crippen molar-refractivity contribution in [1.82, 2.24) is 0 Å². The van der Waals surface area contributed by atoms with Gasteiger partial charge in [0.05, 0.1) is 24.8 Å². The number of ether oxygens (including phenoxy) is 1. The van der Waals surface area contributed by atoms with E-state index in [1.807, 2.05) is 30.3 Å². The Balaban J connectivity index is 1.84. The number of carbonyl (C=O) groups is 1. The molecular weight excluding hydrogens is 308 g/mol. The molecule has 0 radical (unpaired) electrons. The fourth-order valence-electron chi connectivity index (χ4n) is 2.05. The molecule has 2 aromatic carbocycles. The molecule has 0 saturated heterocycles. The largest absolute Gasteiger partial charge is 0.497 e. The fourth-order valence-corrected chi connectivity index (χ4v) is 3.00. The predicted octanol–water partition coefficient (Wildman–Crippen LogP) is 4.07. The van der Waals surface area contributed by atoms with E-state index in [4.69, 9.17) is 4.74 Å². The normalized spacial score (nSPS) is 10.7. The van der Waals surface area contributed by atoms with Gasteiger partial charge in [0.2, 0.25) is 0 Å². The van der Waals surface area contributed by atoms with E-state index in [9.17, 15) is 4.79 Å². The molecule has 0 aliphatic carbocycles. The lowest BCUT2D eigenvalue weighted by Gasteiger charge is -2.07. The Kier molecular flexibility index (Phi) is 6.23. The maximum absolute atomic E-state index is 11.9. The van der Waals surface area contributed by atoms with Crippen molar-refractivity contribution in [3.05, 3.63) is 53.6 Å². The van der Waals surface area contributed by atoms with E-state index in [0.717, 1.165) is 16.3 Å². The van der Waals surface area contributed by atoms with Crippen molar-refractivity contribution >= 4 is 29.4 Å². The van der Waals surface area contributed by atoms with Crippen molar-refractivity contribution in [1.29, 1.82) is 0 Å². The summed E-state index contributed by atoms with van der Waals surface area (Å²) in [4.78, 5) is 13.1. The van der Waals surface area contributed by atoms with Gasteiger partial charge in [0.25, 0.3) is 0 Å². The summed E-state index contributed by atoms with van der Waals surface area (Å²) in [6.07, 6.45) is 1.32. The molecule has 0 bridgehead atoms. The van der Waals surface area contributed by atoms with Crippen LogP contribution in [0.1, 0.15) is 11.1 Å². The van der Waals surface area contributed by atoms with Crippen molar-refractivity contribution in [3.8, 4) is 5.75 Å². The average molecular weight is 328 g/mol. The van der Waals surface area contributed by atoms with Crippen molar-refractivity contribution in [2.75, 3.05) is 18.3 Å². The lowest BCUT2D eigenvalue weighted by Crippen LogP contribution is -2.05. The molecule has 120 valence electrons. The van der Waals surface area contributed by atoms with Crippen molar-refractivity contribution < 1.29 is 9.53 Å². The second-order valence-corrected chi connectivity index (χ2v) is 6.06. The summed E-state index contributed by atoms with van der Waals surface area (Å²) in [5.74, 6) is 1.12. The van der Waals surface area contributed by atoms with Crippen LogP contribution in [-0.4, -0.2) is 24.9 Å². The van der Waals surface area contributed by atoms with Gasteiger partial charge in [0.15, 0.2) is 5.78 Å². The molecule has 0 amide bonds. The molecule has 0 unspecified atom stereocenters. The van der Waals surface area contributed by atoms with E-state index >= 15 is 0 Å². The Morgan fingerprint density at radius 1 is 1.17 bits per heavy atom. The monoisotopic (exact) mass is 328 g/mol. The van der Waals surface area contributed by atoms with Gasteiger partial charge in [0, 0.05) is 4.90 Å². The number of carbonyl (C=O) groups excluding carboxylic acids is 1. The minimum Gasteiger partial charge on any atom is -0.497 e. The SMILES string of the molecule is COc1ccc(NN=CC(=O)CSc2c(C)cccc2C)cc1. The van der Waals surface area contributed by atoms with Gasteiger partial charge < -0.3 is 4.74 Å². The number of nitrogens with zero attached hydrogens (tertiary/aromatic N) is 1. The molecule has 0 saturated carbocycles. The summed E-state index contributed by atoms with van der Waals surface area (Å²) in [5, 5.41) is 3.98. The first-order chi connectivity index (χ1) is 11.1. The molecule has 4 nitrogen and oxygen atoms in total.